The lowest BCUT2D eigenvalue weighted by Crippen LogP contribution is -2.20. The third-order valence-corrected chi connectivity index (χ3v) is 2.60. The molecule has 2 aromatic carbocycles. The van der Waals surface area contributed by atoms with Crippen LogP contribution >= 0.6 is 0 Å². The summed E-state index contributed by atoms with van der Waals surface area (Å²) >= 11 is 0. The van der Waals surface area contributed by atoms with Crippen molar-refractivity contribution >= 4 is 11.6 Å². The molecule has 0 aliphatic heterocycles. The average molecular weight is 240 g/mol. The van der Waals surface area contributed by atoms with Gasteiger partial charge in [-0.3, -0.25) is 4.79 Å². The molecule has 1 amide bonds. The van der Waals surface area contributed by atoms with Gasteiger partial charge in [-0.15, -0.1) is 4.91 Å². The molecule has 90 valence electrons. The van der Waals surface area contributed by atoms with Gasteiger partial charge in [0.1, 0.15) is 0 Å². The van der Waals surface area contributed by atoms with Gasteiger partial charge in [-0.2, -0.15) is 5.01 Å². The highest BCUT2D eigenvalue weighted by atomic mass is 16.3. The Hall–Kier alpha value is -2.49. The molecule has 0 atom stereocenters. The zero-order valence-electron chi connectivity index (χ0n) is 9.91. The minimum atomic E-state index is -0.405. The highest BCUT2D eigenvalue weighted by Crippen LogP contribution is 2.23. The number of benzene rings is 2. The predicted molar refractivity (Wildman–Crippen MR) is 70.8 cm³/mol. The largest absolute Gasteiger partial charge is 0.273 e. The van der Waals surface area contributed by atoms with Gasteiger partial charge >= 0.3 is 0 Å². The fraction of sp³-hybridized carbons (Fsp3) is 0.0714. The molecule has 0 aliphatic carbocycles. The summed E-state index contributed by atoms with van der Waals surface area (Å²) in [5.74, 6) is -0.405. The van der Waals surface area contributed by atoms with E-state index in [0.717, 1.165) is 16.1 Å². The summed E-state index contributed by atoms with van der Waals surface area (Å²) in [6.07, 6.45) is 0. The second-order valence-electron chi connectivity index (χ2n) is 3.83. The van der Waals surface area contributed by atoms with Crippen LogP contribution in [0.1, 0.15) is 6.92 Å². The molecule has 0 aromatic heterocycles. The van der Waals surface area contributed by atoms with Crippen molar-refractivity contribution < 1.29 is 4.79 Å². The molecule has 18 heavy (non-hydrogen) atoms. The third kappa shape index (κ3) is 2.43. The van der Waals surface area contributed by atoms with Gasteiger partial charge in [0.25, 0.3) is 0 Å². The number of carbonyl (C=O) groups excluding carboxylic acids is 1. The monoisotopic (exact) mass is 240 g/mol. The molecule has 0 spiro atoms. The minimum absolute atomic E-state index is 0.405. The number of nitroso groups, excluding NO2 is 1. The molecule has 2 aromatic rings. The van der Waals surface area contributed by atoms with Crippen LogP contribution in [0.5, 0.6) is 0 Å². The molecule has 0 heterocycles. The van der Waals surface area contributed by atoms with Crippen LogP contribution in [-0.2, 0) is 4.79 Å². The van der Waals surface area contributed by atoms with E-state index >= 15 is 0 Å². The van der Waals surface area contributed by atoms with Crippen LogP contribution in [0.2, 0.25) is 0 Å². The zero-order valence-corrected chi connectivity index (χ0v) is 9.91. The molecule has 2 rings (SSSR count). The number of anilines is 1. The van der Waals surface area contributed by atoms with E-state index in [1.165, 1.54) is 6.92 Å². The summed E-state index contributed by atoms with van der Waals surface area (Å²) in [6.45, 7) is 1.30. The van der Waals surface area contributed by atoms with Gasteiger partial charge in [0.05, 0.1) is 11.0 Å². The maximum atomic E-state index is 11.2. The van der Waals surface area contributed by atoms with E-state index in [-0.39, 0.29) is 0 Å². The first-order valence-corrected chi connectivity index (χ1v) is 5.52. The summed E-state index contributed by atoms with van der Waals surface area (Å²) in [5, 5.41) is 3.52. The first-order valence-electron chi connectivity index (χ1n) is 5.52. The minimum Gasteiger partial charge on any atom is -0.273 e. The van der Waals surface area contributed by atoms with E-state index < -0.39 is 5.91 Å². The van der Waals surface area contributed by atoms with Crippen molar-refractivity contribution in [3.8, 4) is 11.1 Å². The smallest absolute Gasteiger partial charge is 0.246 e. The molecule has 0 bridgehead atoms. The number of amides is 1. The summed E-state index contributed by atoms with van der Waals surface area (Å²) < 4.78 is 0. The number of carbonyl (C=O) groups is 1. The van der Waals surface area contributed by atoms with E-state index in [1.807, 2.05) is 42.5 Å². The molecule has 4 heteroatoms. The SMILES string of the molecule is CC(=O)N(N=O)c1ccc(-c2ccccc2)cc1. The van der Waals surface area contributed by atoms with Crippen molar-refractivity contribution in [3.05, 3.63) is 59.5 Å². The van der Waals surface area contributed by atoms with Gasteiger partial charge in [0.15, 0.2) is 0 Å². The molecule has 4 nitrogen and oxygen atoms in total. The number of nitrogens with zero attached hydrogens (tertiary/aromatic N) is 2. The second-order valence-corrected chi connectivity index (χ2v) is 3.83. The van der Waals surface area contributed by atoms with Gasteiger partial charge in [-0.25, -0.2) is 0 Å². The Kier molecular flexibility index (Phi) is 3.48. The highest BCUT2D eigenvalue weighted by molar-refractivity contribution is 5.90. The van der Waals surface area contributed by atoms with Gasteiger partial charge in [-0.05, 0) is 23.3 Å². The third-order valence-electron chi connectivity index (χ3n) is 2.60. The Morgan fingerprint density at radius 2 is 1.50 bits per heavy atom. The van der Waals surface area contributed by atoms with E-state index in [9.17, 15) is 9.70 Å². The van der Waals surface area contributed by atoms with E-state index in [4.69, 9.17) is 0 Å². The van der Waals surface area contributed by atoms with Crippen LogP contribution in [0, 0.1) is 4.91 Å². The topological polar surface area (TPSA) is 49.7 Å². The van der Waals surface area contributed by atoms with Crippen molar-refractivity contribution in [2.45, 2.75) is 6.92 Å². The summed E-state index contributed by atoms with van der Waals surface area (Å²) in [7, 11) is 0. The van der Waals surface area contributed by atoms with E-state index in [2.05, 4.69) is 5.29 Å². The molecule has 0 N–H and O–H groups in total. The Labute approximate surface area is 105 Å². The first-order chi connectivity index (χ1) is 8.72. The number of hydrogen-bond donors (Lipinski definition) is 0. The van der Waals surface area contributed by atoms with Gasteiger partial charge < -0.3 is 0 Å². The van der Waals surface area contributed by atoms with Crippen LogP contribution < -0.4 is 5.01 Å². The first kappa shape index (κ1) is 12.0. The molecule has 0 fully saturated rings. The van der Waals surface area contributed by atoms with Gasteiger partial charge in [-0.1, -0.05) is 42.5 Å². The van der Waals surface area contributed by atoms with Crippen LogP contribution in [0.4, 0.5) is 5.69 Å². The van der Waals surface area contributed by atoms with E-state index in [0.29, 0.717) is 5.69 Å². The normalized spacial score (nSPS) is 9.83. The molecule has 0 saturated heterocycles. The second kappa shape index (κ2) is 5.23. The number of rotatable bonds is 3. The van der Waals surface area contributed by atoms with Crippen LogP contribution in [0.25, 0.3) is 11.1 Å². The number of hydrogen-bond acceptors (Lipinski definition) is 3. The molecule has 0 saturated carbocycles. The molecule has 0 unspecified atom stereocenters. The molecular formula is C14H12N2O2. The zero-order chi connectivity index (χ0) is 13.0. The fourth-order valence-electron chi connectivity index (χ4n) is 1.71. The van der Waals surface area contributed by atoms with Crippen LogP contribution in [-0.4, -0.2) is 5.91 Å². The lowest BCUT2D eigenvalue weighted by atomic mass is 10.1. The van der Waals surface area contributed by atoms with Crippen molar-refractivity contribution in [2.75, 3.05) is 5.01 Å². The Balaban J connectivity index is 2.31. The molecule has 0 aliphatic rings. The quantitative estimate of drug-likeness (QED) is 0.610. The average Bonchev–Trinajstić information content (AvgIpc) is 2.41. The summed E-state index contributed by atoms with van der Waals surface area (Å²) in [5.41, 5.74) is 2.57. The van der Waals surface area contributed by atoms with Crippen molar-refractivity contribution in [1.82, 2.24) is 0 Å². The molecular weight excluding hydrogens is 228 g/mol. The Morgan fingerprint density at radius 1 is 0.944 bits per heavy atom. The summed E-state index contributed by atoms with van der Waals surface area (Å²) in [6, 6.07) is 17.0. The highest BCUT2D eigenvalue weighted by Gasteiger charge is 2.11. The predicted octanol–water partition coefficient (Wildman–Crippen LogP) is 3.39. The maximum Gasteiger partial charge on any atom is 0.246 e. The van der Waals surface area contributed by atoms with Crippen molar-refractivity contribution in [3.63, 3.8) is 0 Å². The maximum absolute atomic E-state index is 11.2. The van der Waals surface area contributed by atoms with E-state index in [1.54, 1.807) is 12.1 Å². The fourth-order valence-corrected chi connectivity index (χ4v) is 1.71. The lowest BCUT2D eigenvalue weighted by molar-refractivity contribution is -0.116. The summed E-state index contributed by atoms with van der Waals surface area (Å²) in [4.78, 5) is 21.7. The van der Waals surface area contributed by atoms with Gasteiger partial charge in [0.2, 0.25) is 5.91 Å². The Bertz CT molecular complexity index is 550. The standard InChI is InChI=1S/C14H12N2O2/c1-11(17)16(15-18)14-9-7-13(8-10-14)12-5-3-2-4-6-12/h2-10H,1H3. The van der Waals surface area contributed by atoms with Crippen LogP contribution in [0.15, 0.2) is 59.9 Å². The molecule has 0 radical (unpaired) electrons. The van der Waals surface area contributed by atoms with Crippen LogP contribution in [0.3, 0.4) is 0 Å². The van der Waals surface area contributed by atoms with Crippen molar-refractivity contribution in [1.29, 1.82) is 0 Å². The van der Waals surface area contributed by atoms with Gasteiger partial charge in [0, 0.05) is 6.92 Å². The van der Waals surface area contributed by atoms with Crippen molar-refractivity contribution in [2.24, 2.45) is 5.29 Å². The Morgan fingerprint density at radius 3 is 2.00 bits per heavy atom. The lowest BCUT2D eigenvalue weighted by Gasteiger charge is -2.11.